The third kappa shape index (κ3) is 2.28. The molecule has 2 rings (SSSR count). The number of carbonyl (C=O) groups is 1. The third-order valence-electron chi connectivity index (χ3n) is 3.77. The maximum Gasteiger partial charge on any atom is 0.223 e. The number of amides is 1. The molecule has 2 aliphatic rings. The number of fused-ring (bicyclic) bond motifs is 1. The van der Waals surface area contributed by atoms with E-state index in [1.54, 1.807) is 0 Å². The maximum atomic E-state index is 11.8. The van der Waals surface area contributed by atoms with E-state index in [0.717, 1.165) is 0 Å². The summed E-state index contributed by atoms with van der Waals surface area (Å²) in [6.45, 7) is 0.463. The van der Waals surface area contributed by atoms with Gasteiger partial charge in [-0.15, -0.1) is 0 Å². The summed E-state index contributed by atoms with van der Waals surface area (Å²) in [6.07, 6.45) is 5.38. The first kappa shape index (κ1) is 11.2. The van der Waals surface area contributed by atoms with Crippen LogP contribution in [0.5, 0.6) is 0 Å². The second kappa shape index (κ2) is 4.72. The Balaban J connectivity index is 1.69. The Bertz CT molecular complexity index is 292. The summed E-state index contributed by atoms with van der Waals surface area (Å²) < 4.78 is 0. The molecule has 0 spiro atoms. The first-order valence-corrected chi connectivity index (χ1v) is 5.98. The van der Waals surface area contributed by atoms with E-state index in [9.17, 15) is 4.79 Å². The first-order chi connectivity index (χ1) is 7.74. The highest BCUT2D eigenvalue weighted by Crippen LogP contribution is 2.55. The zero-order valence-corrected chi connectivity index (χ0v) is 9.35. The maximum absolute atomic E-state index is 11.8. The van der Waals surface area contributed by atoms with Crippen molar-refractivity contribution >= 4 is 11.7 Å². The number of rotatable bonds is 4. The largest absolute Gasteiger partial charge is 0.409 e. The molecule has 2 saturated carbocycles. The number of carbonyl (C=O) groups excluding carboxylic acids is 1. The van der Waals surface area contributed by atoms with Crippen molar-refractivity contribution in [3.63, 3.8) is 0 Å². The van der Waals surface area contributed by atoms with Crippen molar-refractivity contribution in [2.24, 2.45) is 28.6 Å². The quantitative estimate of drug-likeness (QED) is 0.284. The Kier molecular flexibility index (Phi) is 3.31. The lowest BCUT2D eigenvalue weighted by Gasteiger charge is -2.04. The number of hydrogen-bond donors (Lipinski definition) is 3. The van der Waals surface area contributed by atoms with Crippen LogP contribution >= 0.6 is 0 Å². The van der Waals surface area contributed by atoms with Crippen molar-refractivity contribution in [3.8, 4) is 0 Å². The molecule has 0 aromatic heterocycles. The molecule has 2 atom stereocenters. The van der Waals surface area contributed by atoms with Crippen LogP contribution in [-0.4, -0.2) is 23.5 Å². The van der Waals surface area contributed by atoms with Gasteiger partial charge in [-0.05, 0) is 24.7 Å². The molecule has 5 nitrogen and oxygen atoms in total. The third-order valence-corrected chi connectivity index (χ3v) is 3.77. The van der Waals surface area contributed by atoms with Gasteiger partial charge in [0.05, 0.1) is 0 Å². The lowest BCUT2D eigenvalue weighted by Crippen LogP contribution is -2.29. The van der Waals surface area contributed by atoms with Crippen LogP contribution in [0.3, 0.4) is 0 Å². The average Bonchev–Trinajstić information content (AvgIpc) is 3.02. The fraction of sp³-hybridized carbons (Fsp3) is 0.818. The first-order valence-electron chi connectivity index (χ1n) is 5.98. The summed E-state index contributed by atoms with van der Waals surface area (Å²) in [5, 5.41) is 14.1. The molecule has 0 saturated heterocycles. The summed E-state index contributed by atoms with van der Waals surface area (Å²) in [6, 6.07) is 0. The zero-order valence-electron chi connectivity index (χ0n) is 9.35. The predicted molar refractivity (Wildman–Crippen MR) is 60.0 cm³/mol. The van der Waals surface area contributed by atoms with Gasteiger partial charge in [0.2, 0.25) is 5.91 Å². The standard InChI is InChI=1S/C11H19N3O2/c12-9(14-16)5-6-13-11(15)10-7-3-1-2-4-8(7)10/h7-8,10,16H,1-6H2,(H2,12,14)(H,13,15). The van der Waals surface area contributed by atoms with Gasteiger partial charge >= 0.3 is 0 Å². The Labute approximate surface area is 95.1 Å². The van der Waals surface area contributed by atoms with Crippen LogP contribution in [0, 0.1) is 17.8 Å². The minimum Gasteiger partial charge on any atom is -0.409 e. The van der Waals surface area contributed by atoms with Gasteiger partial charge in [0, 0.05) is 18.9 Å². The van der Waals surface area contributed by atoms with Crippen LogP contribution in [0.4, 0.5) is 0 Å². The van der Waals surface area contributed by atoms with E-state index < -0.39 is 0 Å². The van der Waals surface area contributed by atoms with Crippen LogP contribution in [0.2, 0.25) is 0 Å². The van der Waals surface area contributed by atoms with Gasteiger partial charge < -0.3 is 16.3 Å². The van der Waals surface area contributed by atoms with Gasteiger partial charge in [-0.3, -0.25) is 4.79 Å². The summed E-state index contributed by atoms with van der Waals surface area (Å²) in [4.78, 5) is 11.8. The molecular weight excluding hydrogens is 206 g/mol. The summed E-state index contributed by atoms with van der Waals surface area (Å²) in [5.74, 6) is 1.83. The van der Waals surface area contributed by atoms with Gasteiger partial charge in [-0.1, -0.05) is 18.0 Å². The van der Waals surface area contributed by atoms with E-state index in [1.807, 2.05) is 0 Å². The lowest BCUT2D eigenvalue weighted by molar-refractivity contribution is -0.122. The van der Waals surface area contributed by atoms with E-state index in [0.29, 0.717) is 24.8 Å². The van der Waals surface area contributed by atoms with E-state index in [2.05, 4.69) is 10.5 Å². The van der Waals surface area contributed by atoms with Crippen LogP contribution < -0.4 is 11.1 Å². The molecule has 5 heteroatoms. The Morgan fingerprint density at radius 1 is 1.38 bits per heavy atom. The second-order valence-corrected chi connectivity index (χ2v) is 4.77. The monoisotopic (exact) mass is 225 g/mol. The number of amidine groups is 1. The van der Waals surface area contributed by atoms with Crippen molar-refractivity contribution < 1.29 is 10.0 Å². The van der Waals surface area contributed by atoms with Gasteiger partial charge in [-0.25, -0.2) is 0 Å². The van der Waals surface area contributed by atoms with Crippen LogP contribution in [-0.2, 0) is 4.79 Å². The molecule has 2 aliphatic carbocycles. The van der Waals surface area contributed by atoms with Crippen LogP contribution in [0.1, 0.15) is 32.1 Å². The SMILES string of the molecule is NC(CCNC(=O)C1C2CCCCC21)=NO. The molecule has 0 radical (unpaired) electrons. The smallest absolute Gasteiger partial charge is 0.223 e. The van der Waals surface area contributed by atoms with Crippen molar-refractivity contribution in [2.75, 3.05) is 6.54 Å². The fourth-order valence-corrected chi connectivity index (χ4v) is 2.86. The van der Waals surface area contributed by atoms with Gasteiger partial charge in [0.15, 0.2) is 0 Å². The van der Waals surface area contributed by atoms with Crippen LogP contribution in [0.25, 0.3) is 0 Å². The molecule has 0 bridgehead atoms. The molecule has 0 heterocycles. The predicted octanol–water partition coefficient (Wildman–Crippen LogP) is 0.675. The highest BCUT2D eigenvalue weighted by atomic mass is 16.4. The molecule has 2 unspecified atom stereocenters. The second-order valence-electron chi connectivity index (χ2n) is 4.77. The van der Waals surface area contributed by atoms with Gasteiger partial charge in [0.25, 0.3) is 0 Å². The van der Waals surface area contributed by atoms with Crippen molar-refractivity contribution in [1.82, 2.24) is 5.32 Å². The minimum atomic E-state index is 0.155. The van der Waals surface area contributed by atoms with Crippen molar-refractivity contribution in [2.45, 2.75) is 32.1 Å². The molecule has 1 amide bonds. The molecule has 0 aromatic carbocycles. The number of nitrogens with zero attached hydrogens (tertiary/aromatic N) is 1. The summed E-state index contributed by atoms with van der Waals surface area (Å²) in [7, 11) is 0. The van der Waals surface area contributed by atoms with E-state index in [1.165, 1.54) is 25.7 Å². The Morgan fingerprint density at radius 2 is 2.00 bits per heavy atom. The van der Waals surface area contributed by atoms with Gasteiger partial charge in [-0.2, -0.15) is 0 Å². The zero-order chi connectivity index (χ0) is 11.5. The molecule has 4 N–H and O–H groups in total. The topological polar surface area (TPSA) is 87.7 Å². The van der Waals surface area contributed by atoms with Crippen molar-refractivity contribution in [1.29, 1.82) is 0 Å². The highest BCUT2D eigenvalue weighted by molar-refractivity contribution is 5.84. The Hall–Kier alpha value is -1.26. The van der Waals surface area contributed by atoms with Crippen LogP contribution in [0.15, 0.2) is 5.16 Å². The number of oxime groups is 1. The van der Waals surface area contributed by atoms with E-state index >= 15 is 0 Å². The van der Waals surface area contributed by atoms with E-state index in [4.69, 9.17) is 10.9 Å². The normalized spacial score (nSPS) is 33.0. The molecule has 2 fully saturated rings. The van der Waals surface area contributed by atoms with Gasteiger partial charge in [0.1, 0.15) is 5.84 Å². The molecule has 0 aliphatic heterocycles. The molecule has 16 heavy (non-hydrogen) atoms. The van der Waals surface area contributed by atoms with Crippen molar-refractivity contribution in [3.05, 3.63) is 0 Å². The highest BCUT2D eigenvalue weighted by Gasteiger charge is 2.54. The molecule has 0 aromatic rings. The summed E-state index contributed by atoms with van der Waals surface area (Å²) >= 11 is 0. The lowest BCUT2D eigenvalue weighted by atomic mass is 10.0. The molecule has 90 valence electrons. The molecular formula is C11H19N3O2. The Morgan fingerprint density at radius 3 is 2.56 bits per heavy atom. The fourth-order valence-electron chi connectivity index (χ4n) is 2.86. The average molecular weight is 225 g/mol. The summed E-state index contributed by atoms with van der Waals surface area (Å²) in [5.41, 5.74) is 5.32. The number of nitrogens with two attached hydrogens (primary N) is 1. The number of hydrogen-bond acceptors (Lipinski definition) is 3. The number of nitrogens with one attached hydrogen (secondary N) is 1. The van der Waals surface area contributed by atoms with E-state index in [-0.39, 0.29) is 17.7 Å². The minimum absolute atomic E-state index is 0.155.